The van der Waals surface area contributed by atoms with E-state index in [1.54, 1.807) is 0 Å². The van der Waals surface area contributed by atoms with Gasteiger partial charge < -0.3 is 16.6 Å². The predicted molar refractivity (Wildman–Crippen MR) is 58.4 cm³/mol. The zero-order valence-corrected chi connectivity index (χ0v) is 8.67. The summed E-state index contributed by atoms with van der Waals surface area (Å²) in [5, 5.41) is 8.09. The summed E-state index contributed by atoms with van der Waals surface area (Å²) < 4.78 is 0. The van der Waals surface area contributed by atoms with E-state index in [4.69, 9.17) is 16.6 Å². The SMILES string of the molecule is NC1C(=O)C1C(=O)O.NCc1ccccc1. The van der Waals surface area contributed by atoms with Crippen LogP contribution >= 0.6 is 0 Å². The third-order valence-electron chi connectivity index (χ3n) is 2.23. The van der Waals surface area contributed by atoms with Gasteiger partial charge in [-0.2, -0.15) is 0 Å². The molecule has 16 heavy (non-hydrogen) atoms. The molecule has 0 aromatic heterocycles. The molecule has 1 fully saturated rings. The Balaban J connectivity index is 0.000000160. The molecule has 2 unspecified atom stereocenters. The number of carbonyl (C=O) groups excluding carboxylic acids is 1. The standard InChI is InChI=1S/C7H9N.C4H5NO3/c8-6-7-4-2-1-3-5-7;5-2-1(3(2)6)4(7)8/h1-5H,6,8H2;1-2H,5H2,(H,7,8). The first-order valence-corrected chi connectivity index (χ1v) is 4.84. The maximum absolute atomic E-state index is 10.2. The molecule has 5 heteroatoms. The van der Waals surface area contributed by atoms with Gasteiger partial charge in [-0.3, -0.25) is 9.59 Å². The molecule has 0 radical (unpaired) electrons. The molecular weight excluding hydrogens is 208 g/mol. The summed E-state index contributed by atoms with van der Waals surface area (Å²) in [5.41, 5.74) is 11.5. The predicted octanol–water partition coefficient (Wildman–Crippen LogP) is -0.257. The van der Waals surface area contributed by atoms with Gasteiger partial charge in [0.2, 0.25) is 0 Å². The van der Waals surface area contributed by atoms with Crippen LogP contribution in [0.25, 0.3) is 0 Å². The molecule has 2 atom stereocenters. The summed E-state index contributed by atoms with van der Waals surface area (Å²) in [6.07, 6.45) is 0. The van der Waals surface area contributed by atoms with Crippen LogP contribution in [-0.2, 0) is 16.1 Å². The van der Waals surface area contributed by atoms with Crippen molar-refractivity contribution in [2.45, 2.75) is 12.6 Å². The average molecular weight is 222 g/mol. The summed E-state index contributed by atoms with van der Waals surface area (Å²) in [7, 11) is 0. The fourth-order valence-corrected chi connectivity index (χ4v) is 1.15. The van der Waals surface area contributed by atoms with E-state index < -0.39 is 17.9 Å². The highest BCUT2D eigenvalue weighted by molar-refractivity contribution is 6.16. The molecule has 5 nitrogen and oxygen atoms in total. The van der Waals surface area contributed by atoms with Crippen LogP contribution in [0.1, 0.15) is 5.56 Å². The highest BCUT2D eigenvalue weighted by Gasteiger charge is 2.52. The lowest BCUT2D eigenvalue weighted by Gasteiger charge is -1.90. The molecule has 0 saturated heterocycles. The number of rotatable bonds is 2. The molecule has 2 rings (SSSR count). The minimum atomic E-state index is -1.11. The monoisotopic (exact) mass is 222 g/mol. The molecule has 0 aliphatic heterocycles. The Hall–Kier alpha value is -1.72. The lowest BCUT2D eigenvalue weighted by molar-refractivity contribution is -0.139. The Morgan fingerprint density at radius 2 is 1.81 bits per heavy atom. The van der Waals surface area contributed by atoms with Crippen molar-refractivity contribution >= 4 is 11.8 Å². The van der Waals surface area contributed by atoms with Crippen molar-refractivity contribution in [1.29, 1.82) is 0 Å². The van der Waals surface area contributed by atoms with Gasteiger partial charge in [0.1, 0.15) is 5.92 Å². The van der Waals surface area contributed by atoms with Crippen molar-refractivity contribution in [2.75, 3.05) is 0 Å². The van der Waals surface area contributed by atoms with Crippen LogP contribution in [0, 0.1) is 5.92 Å². The Morgan fingerprint density at radius 3 is 2.00 bits per heavy atom. The lowest BCUT2D eigenvalue weighted by Crippen LogP contribution is -2.08. The van der Waals surface area contributed by atoms with Crippen LogP contribution in [0.5, 0.6) is 0 Å². The van der Waals surface area contributed by atoms with E-state index in [-0.39, 0.29) is 5.78 Å². The number of carboxylic acids is 1. The normalized spacial score (nSPS) is 22.0. The zero-order valence-electron chi connectivity index (χ0n) is 8.67. The molecule has 1 aliphatic rings. The summed E-state index contributed by atoms with van der Waals surface area (Å²) in [4.78, 5) is 20.0. The van der Waals surface area contributed by atoms with Gasteiger partial charge in [0, 0.05) is 6.54 Å². The van der Waals surface area contributed by atoms with Gasteiger partial charge in [-0.05, 0) is 5.56 Å². The van der Waals surface area contributed by atoms with Crippen molar-refractivity contribution in [3.8, 4) is 0 Å². The minimum absolute atomic E-state index is 0.363. The quantitative estimate of drug-likeness (QED) is 0.598. The third-order valence-corrected chi connectivity index (χ3v) is 2.23. The average Bonchev–Trinajstić information content (AvgIpc) is 2.89. The molecule has 1 aromatic carbocycles. The smallest absolute Gasteiger partial charge is 0.316 e. The van der Waals surface area contributed by atoms with E-state index in [1.807, 2.05) is 30.3 Å². The number of carbonyl (C=O) groups is 2. The number of hydrogen-bond donors (Lipinski definition) is 3. The maximum Gasteiger partial charge on any atom is 0.316 e. The molecule has 86 valence electrons. The highest BCUT2D eigenvalue weighted by atomic mass is 16.4. The van der Waals surface area contributed by atoms with E-state index in [0.717, 1.165) is 0 Å². The number of ketones is 1. The van der Waals surface area contributed by atoms with Crippen molar-refractivity contribution in [1.82, 2.24) is 0 Å². The number of carboxylic acid groups (broad SMARTS) is 1. The number of aliphatic carboxylic acids is 1. The largest absolute Gasteiger partial charge is 0.481 e. The number of nitrogens with two attached hydrogens (primary N) is 2. The number of benzene rings is 1. The van der Waals surface area contributed by atoms with Crippen LogP contribution < -0.4 is 11.5 Å². The van der Waals surface area contributed by atoms with Crippen LogP contribution in [0.4, 0.5) is 0 Å². The van der Waals surface area contributed by atoms with E-state index >= 15 is 0 Å². The van der Waals surface area contributed by atoms with Crippen molar-refractivity contribution in [3.05, 3.63) is 35.9 Å². The molecule has 1 aromatic rings. The maximum atomic E-state index is 10.2. The van der Waals surface area contributed by atoms with Crippen LogP contribution in [0.15, 0.2) is 30.3 Å². The van der Waals surface area contributed by atoms with Crippen LogP contribution in [0.3, 0.4) is 0 Å². The Bertz CT molecular complexity index is 370. The second kappa shape index (κ2) is 5.39. The Labute approximate surface area is 93.1 Å². The van der Waals surface area contributed by atoms with Gasteiger partial charge >= 0.3 is 5.97 Å². The Kier molecular flexibility index (Phi) is 4.16. The minimum Gasteiger partial charge on any atom is -0.481 e. The highest BCUT2D eigenvalue weighted by Crippen LogP contribution is 2.21. The summed E-state index contributed by atoms with van der Waals surface area (Å²) in [6, 6.07) is 9.26. The van der Waals surface area contributed by atoms with E-state index in [0.29, 0.717) is 6.54 Å². The van der Waals surface area contributed by atoms with E-state index in [1.165, 1.54) is 5.56 Å². The first-order valence-electron chi connectivity index (χ1n) is 4.84. The second-order valence-electron chi connectivity index (χ2n) is 3.43. The van der Waals surface area contributed by atoms with E-state index in [9.17, 15) is 9.59 Å². The molecule has 1 aliphatic carbocycles. The summed E-state index contributed by atoms with van der Waals surface area (Å²) in [5.74, 6) is -2.38. The lowest BCUT2D eigenvalue weighted by atomic mass is 10.2. The zero-order chi connectivity index (χ0) is 12.1. The molecule has 5 N–H and O–H groups in total. The van der Waals surface area contributed by atoms with Gasteiger partial charge in [-0.1, -0.05) is 30.3 Å². The summed E-state index contributed by atoms with van der Waals surface area (Å²) in [6.45, 7) is 0.640. The topological polar surface area (TPSA) is 106 Å². The van der Waals surface area contributed by atoms with Crippen molar-refractivity contribution < 1.29 is 14.7 Å². The van der Waals surface area contributed by atoms with Gasteiger partial charge in [-0.25, -0.2) is 0 Å². The third kappa shape index (κ3) is 3.15. The van der Waals surface area contributed by atoms with Gasteiger partial charge in [0.25, 0.3) is 0 Å². The first kappa shape index (κ1) is 12.4. The summed E-state index contributed by atoms with van der Waals surface area (Å²) >= 11 is 0. The van der Waals surface area contributed by atoms with Crippen LogP contribution in [0.2, 0.25) is 0 Å². The number of Topliss-reactive ketones (excluding diaryl/α,β-unsaturated/α-hetero) is 1. The van der Waals surface area contributed by atoms with Crippen molar-refractivity contribution in [3.63, 3.8) is 0 Å². The molecular formula is C11H14N2O3. The van der Waals surface area contributed by atoms with Crippen molar-refractivity contribution in [2.24, 2.45) is 17.4 Å². The van der Waals surface area contributed by atoms with Crippen LogP contribution in [-0.4, -0.2) is 22.9 Å². The first-order chi connectivity index (χ1) is 7.57. The fourth-order valence-electron chi connectivity index (χ4n) is 1.15. The second-order valence-corrected chi connectivity index (χ2v) is 3.43. The Morgan fingerprint density at radius 1 is 1.31 bits per heavy atom. The van der Waals surface area contributed by atoms with Gasteiger partial charge in [0.15, 0.2) is 5.78 Å². The molecule has 0 bridgehead atoms. The van der Waals surface area contributed by atoms with Gasteiger partial charge in [-0.15, -0.1) is 0 Å². The fraction of sp³-hybridized carbons (Fsp3) is 0.273. The molecule has 0 spiro atoms. The number of hydrogen-bond acceptors (Lipinski definition) is 4. The van der Waals surface area contributed by atoms with Gasteiger partial charge in [0.05, 0.1) is 6.04 Å². The van der Waals surface area contributed by atoms with E-state index in [2.05, 4.69) is 0 Å². The molecule has 1 saturated carbocycles. The molecule has 0 amide bonds. The molecule has 0 heterocycles.